The van der Waals surface area contributed by atoms with Gasteiger partial charge in [-0.3, -0.25) is 9.47 Å². The van der Waals surface area contributed by atoms with Gasteiger partial charge in [0.05, 0.1) is 0 Å². The number of rotatable bonds is 5. The molecule has 0 rings (SSSR count). The molecule has 0 aliphatic heterocycles. The van der Waals surface area contributed by atoms with Crippen LogP contribution in [-0.4, -0.2) is 37.0 Å². The first kappa shape index (κ1) is 20.0. The molecule has 0 saturated carbocycles. The summed E-state index contributed by atoms with van der Waals surface area (Å²) in [5, 5.41) is 0. The Labute approximate surface area is 105 Å². The molecule has 21 heavy (non-hydrogen) atoms. The summed E-state index contributed by atoms with van der Waals surface area (Å²) < 4.78 is 159. The van der Waals surface area contributed by atoms with Crippen molar-refractivity contribution in [3.8, 4) is 0 Å². The smallest absolute Gasteiger partial charge is 0.260 e. The van der Waals surface area contributed by atoms with E-state index in [1.165, 1.54) is 4.74 Å². The van der Waals surface area contributed by atoms with Gasteiger partial charge in [-0.15, -0.1) is 0 Å². The third-order valence-corrected chi connectivity index (χ3v) is 1.57. The molecule has 0 aliphatic carbocycles. The van der Waals surface area contributed by atoms with Crippen LogP contribution in [0.1, 0.15) is 0 Å². The van der Waals surface area contributed by atoms with Crippen LogP contribution < -0.4 is 0 Å². The lowest BCUT2D eigenvalue weighted by molar-refractivity contribution is -0.537. The lowest BCUT2D eigenvalue weighted by Crippen LogP contribution is -2.63. The topological polar surface area (TPSA) is 18.5 Å². The summed E-state index contributed by atoms with van der Waals surface area (Å²) in [6, 6.07) is 0. The first-order valence-corrected chi connectivity index (χ1v) is 4.11. The molecule has 0 bridgehead atoms. The molecule has 1 unspecified atom stereocenters. The van der Waals surface area contributed by atoms with E-state index in [0.717, 1.165) is 0 Å². The quantitative estimate of drug-likeness (QED) is 0.690. The Morgan fingerprint density at radius 3 is 1.19 bits per heavy atom. The predicted octanol–water partition coefficient (Wildman–Crippen LogP) is 4.22. The van der Waals surface area contributed by atoms with Crippen molar-refractivity contribution >= 4 is 0 Å². The van der Waals surface area contributed by atoms with Gasteiger partial charge >= 0.3 is 37.0 Å². The second kappa shape index (κ2) is 5.33. The molecule has 1 atom stereocenters. The maximum absolute atomic E-state index is 12.9. The van der Waals surface area contributed by atoms with Crippen LogP contribution in [0.3, 0.4) is 0 Å². The minimum Gasteiger partial charge on any atom is -0.260 e. The van der Waals surface area contributed by atoms with E-state index < -0.39 is 37.0 Å². The fraction of sp³-hybridized carbons (Fsp3) is 1.00. The molecule has 0 radical (unpaired) electrons. The first-order chi connectivity index (χ1) is 8.87. The number of hydrogen-bond acceptors (Lipinski definition) is 2. The fourth-order valence-corrected chi connectivity index (χ4v) is 0.704. The van der Waals surface area contributed by atoms with Crippen LogP contribution in [0.25, 0.3) is 0 Å². The normalized spacial score (nSPS) is 18.0. The molecule has 0 amide bonds. The van der Waals surface area contributed by atoms with Crippen LogP contribution in [0.2, 0.25) is 0 Å². The van der Waals surface area contributed by atoms with Gasteiger partial charge in [-0.05, 0) is 0 Å². The van der Waals surface area contributed by atoms with Gasteiger partial charge in [0.25, 0.3) is 0 Å². The number of hydrogen-bond donors (Lipinski definition) is 0. The van der Waals surface area contributed by atoms with Gasteiger partial charge in [-0.25, -0.2) is 0 Å². The average molecular weight is 352 g/mol. The summed E-state index contributed by atoms with van der Waals surface area (Å²) in [7, 11) is 0. The molecular formula is C6HF13O2. The number of halogens is 13. The molecule has 15 heteroatoms. The molecule has 0 aromatic carbocycles. The lowest BCUT2D eigenvalue weighted by atomic mass is 10.2. The zero-order valence-corrected chi connectivity index (χ0v) is 8.81. The third kappa shape index (κ3) is 4.02. The maximum Gasteiger partial charge on any atom is 0.483 e. The van der Waals surface area contributed by atoms with Gasteiger partial charge in [0.2, 0.25) is 0 Å². The zero-order valence-electron chi connectivity index (χ0n) is 8.81. The summed E-state index contributed by atoms with van der Waals surface area (Å²) in [6.45, 7) is -4.85. The monoisotopic (exact) mass is 352 g/mol. The SMILES string of the molecule is FC(F)OC(F)(F)C(F)(OC(F)(F)C(F)(F)F)C(F)(F)F. The Morgan fingerprint density at radius 2 is 0.952 bits per heavy atom. The van der Waals surface area contributed by atoms with E-state index in [1.54, 1.807) is 4.74 Å². The third-order valence-electron chi connectivity index (χ3n) is 1.57. The van der Waals surface area contributed by atoms with Crippen LogP contribution in [-0.2, 0) is 9.47 Å². The summed E-state index contributed by atoms with van der Waals surface area (Å²) in [6.07, 6.45) is -28.3. The highest BCUT2D eigenvalue weighted by atomic mass is 19.4. The van der Waals surface area contributed by atoms with Crippen LogP contribution in [0.15, 0.2) is 0 Å². The molecule has 0 aromatic rings. The summed E-state index contributed by atoms with van der Waals surface area (Å²) in [5.74, 6) is -7.20. The molecule has 0 aliphatic rings. The van der Waals surface area contributed by atoms with E-state index in [1.807, 2.05) is 0 Å². The van der Waals surface area contributed by atoms with Crippen molar-refractivity contribution < 1.29 is 66.5 Å². The fourth-order valence-electron chi connectivity index (χ4n) is 0.704. The van der Waals surface area contributed by atoms with Gasteiger partial charge < -0.3 is 0 Å². The van der Waals surface area contributed by atoms with Gasteiger partial charge in [0.15, 0.2) is 0 Å². The van der Waals surface area contributed by atoms with E-state index in [-0.39, 0.29) is 0 Å². The molecule has 2 nitrogen and oxygen atoms in total. The minimum absolute atomic E-state index is 1.46. The minimum atomic E-state index is -7.28. The second-order valence-corrected chi connectivity index (χ2v) is 3.10. The van der Waals surface area contributed by atoms with Crippen molar-refractivity contribution in [2.24, 2.45) is 0 Å². The Kier molecular flexibility index (Phi) is 5.08. The highest BCUT2D eigenvalue weighted by Gasteiger charge is 2.80. The van der Waals surface area contributed by atoms with Crippen molar-refractivity contribution in [1.29, 1.82) is 0 Å². The van der Waals surface area contributed by atoms with Crippen LogP contribution in [0.4, 0.5) is 57.1 Å². The summed E-state index contributed by atoms with van der Waals surface area (Å²) in [4.78, 5) is 0. The highest BCUT2D eigenvalue weighted by molar-refractivity contribution is 4.89. The molecule has 0 N–H and O–H groups in total. The zero-order chi connectivity index (χ0) is 17.5. The predicted molar refractivity (Wildman–Crippen MR) is 34.0 cm³/mol. The Bertz CT molecular complexity index is 357. The van der Waals surface area contributed by atoms with Crippen molar-refractivity contribution in [2.45, 2.75) is 37.0 Å². The number of ether oxygens (including phenoxy) is 2. The van der Waals surface area contributed by atoms with E-state index in [0.29, 0.717) is 0 Å². The Morgan fingerprint density at radius 1 is 0.571 bits per heavy atom. The van der Waals surface area contributed by atoms with E-state index >= 15 is 0 Å². The summed E-state index contributed by atoms with van der Waals surface area (Å²) >= 11 is 0. The number of alkyl halides is 13. The maximum atomic E-state index is 12.9. The van der Waals surface area contributed by atoms with Gasteiger partial charge in [0, 0.05) is 0 Å². The van der Waals surface area contributed by atoms with Crippen molar-refractivity contribution in [3.63, 3.8) is 0 Å². The largest absolute Gasteiger partial charge is 0.483 e. The van der Waals surface area contributed by atoms with Gasteiger partial charge in [-0.2, -0.15) is 57.1 Å². The van der Waals surface area contributed by atoms with Gasteiger partial charge in [0.1, 0.15) is 0 Å². The van der Waals surface area contributed by atoms with Crippen molar-refractivity contribution in [3.05, 3.63) is 0 Å². The molecule has 128 valence electrons. The second-order valence-electron chi connectivity index (χ2n) is 3.10. The lowest BCUT2D eigenvalue weighted by Gasteiger charge is -2.35. The van der Waals surface area contributed by atoms with Crippen molar-refractivity contribution in [2.75, 3.05) is 0 Å². The van der Waals surface area contributed by atoms with Crippen LogP contribution in [0.5, 0.6) is 0 Å². The molecule has 0 heterocycles. The molecule has 0 aromatic heterocycles. The molecular weight excluding hydrogens is 351 g/mol. The van der Waals surface area contributed by atoms with Crippen LogP contribution >= 0.6 is 0 Å². The standard InChI is InChI=1S/C6HF13O2/c7-1(8)20-5(16,17)2(9,3(10,11)12)21-6(18,19)4(13,14)15/h1H. The van der Waals surface area contributed by atoms with E-state index in [2.05, 4.69) is 0 Å². The van der Waals surface area contributed by atoms with Crippen LogP contribution in [0, 0.1) is 0 Å². The average Bonchev–Trinajstić information content (AvgIpc) is 2.10. The van der Waals surface area contributed by atoms with E-state index in [4.69, 9.17) is 0 Å². The molecule has 0 fully saturated rings. The Balaban J connectivity index is 5.81. The Hall–Kier alpha value is -0.990. The van der Waals surface area contributed by atoms with Gasteiger partial charge in [-0.1, -0.05) is 0 Å². The molecule has 0 saturated heterocycles. The molecule has 0 spiro atoms. The van der Waals surface area contributed by atoms with Crippen molar-refractivity contribution in [1.82, 2.24) is 0 Å². The first-order valence-electron chi connectivity index (χ1n) is 4.11. The highest BCUT2D eigenvalue weighted by Crippen LogP contribution is 2.52. The van der Waals surface area contributed by atoms with E-state index in [9.17, 15) is 57.1 Å². The summed E-state index contributed by atoms with van der Waals surface area (Å²) in [5.41, 5.74) is 0.